The first-order chi connectivity index (χ1) is 19.8. The molecule has 0 atom stereocenters. The number of benzene rings is 1. The van der Waals surface area contributed by atoms with Gasteiger partial charge in [0.25, 0.3) is 5.91 Å². The summed E-state index contributed by atoms with van der Waals surface area (Å²) >= 11 is 0. The highest BCUT2D eigenvalue weighted by Crippen LogP contribution is 2.48. The highest BCUT2D eigenvalue weighted by molar-refractivity contribution is 7.90. The lowest BCUT2D eigenvalue weighted by molar-refractivity contribution is 0.0945. The molecular weight excluding hydrogens is 538 g/mol. The number of sulfone groups is 1. The van der Waals surface area contributed by atoms with Crippen molar-refractivity contribution in [3.05, 3.63) is 100 Å². The lowest BCUT2D eigenvalue weighted by atomic mass is 9.96. The maximum Gasteiger partial charge on any atom is 0.273 e. The number of nitrogens with one attached hydrogen (secondary N) is 1. The zero-order valence-electron chi connectivity index (χ0n) is 22.8. The smallest absolute Gasteiger partial charge is 0.273 e. The third-order valence-electron chi connectivity index (χ3n) is 7.49. The van der Waals surface area contributed by atoms with Crippen molar-refractivity contribution < 1.29 is 13.2 Å². The molecule has 4 aromatic rings. The first-order valence-corrected chi connectivity index (χ1v) is 15.7. The lowest BCUT2D eigenvalue weighted by Crippen LogP contribution is -2.23. The SMILES string of the molecule is CS(=O)(=O)c1cccc(C2=C(C3CC3)Cc3nnc(CCCCn4cc(C(=O)NCc5ccccn5)nn4)cc32)c1. The normalized spacial score (nSPS) is 14.8. The molecule has 0 spiro atoms. The third kappa shape index (κ3) is 6.25. The first kappa shape index (κ1) is 26.9. The topological polar surface area (TPSA) is 133 Å². The Kier molecular flexibility index (Phi) is 7.44. The number of carbonyl (C=O) groups is 1. The molecule has 1 fully saturated rings. The van der Waals surface area contributed by atoms with Crippen LogP contribution < -0.4 is 5.32 Å². The van der Waals surface area contributed by atoms with E-state index in [1.807, 2.05) is 30.3 Å². The van der Waals surface area contributed by atoms with Crippen molar-refractivity contribution in [2.75, 3.05) is 6.26 Å². The predicted octanol–water partition coefficient (Wildman–Crippen LogP) is 3.59. The number of rotatable bonds is 11. The Hall–Kier alpha value is -4.25. The Morgan fingerprint density at radius 2 is 1.90 bits per heavy atom. The molecule has 210 valence electrons. The monoisotopic (exact) mass is 569 g/mol. The van der Waals surface area contributed by atoms with E-state index in [0.29, 0.717) is 23.9 Å². The van der Waals surface area contributed by atoms with E-state index in [0.717, 1.165) is 72.3 Å². The Labute approximate surface area is 238 Å². The van der Waals surface area contributed by atoms with Gasteiger partial charge in [-0.1, -0.05) is 29.0 Å². The molecule has 3 heterocycles. The van der Waals surface area contributed by atoms with Gasteiger partial charge in [0.15, 0.2) is 15.5 Å². The number of fused-ring (bicyclic) bond motifs is 1. The van der Waals surface area contributed by atoms with Crippen LogP contribution in [0.1, 0.15) is 64.4 Å². The molecule has 0 saturated heterocycles. The summed E-state index contributed by atoms with van der Waals surface area (Å²) in [6, 6.07) is 14.9. The molecule has 0 radical (unpaired) electrons. The minimum absolute atomic E-state index is 0.274. The van der Waals surface area contributed by atoms with Crippen LogP contribution in [0.3, 0.4) is 0 Å². The van der Waals surface area contributed by atoms with E-state index >= 15 is 0 Å². The average molecular weight is 570 g/mol. The van der Waals surface area contributed by atoms with Crippen LogP contribution >= 0.6 is 0 Å². The van der Waals surface area contributed by atoms with Gasteiger partial charge in [-0.15, -0.1) is 5.10 Å². The summed E-state index contributed by atoms with van der Waals surface area (Å²) < 4.78 is 26.1. The molecule has 1 aromatic carbocycles. The molecule has 0 bridgehead atoms. The number of hydrogen-bond donors (Lipinski definition) is 1. The van der Waals surface area contributed by atoms with Crippen LogP contribution in [0, 0.1) is 5.92 Å². The van der Waals surface area contributed by atoms with Crippen LogP contribution in [0.2, 0.25) is 0 Å². The standard InChI is InChI=1S/C30H31N7O3S/c1-41(39,40)24-10-6-7-21(15-24)29-25(20-11-12-20)17-27-26(29)16-22(33-34-27)8-3-5-14-37-19-28(35-36-37)30(38)32-18-23-9-2-4-13-31-23/h2,4,6-7,9-10,13,15-16,19-20H,3,5,8,11-12,14,17-18H2,1H3,(H,32,38). The van der Waals surface area contributed by atoms with Crippen LogP contribution in [-0.4, -0.2) is 50.8 Å². The van der Waals surface area contributed by atoms with Crippen LogP contribution in [0.15, 0.2) is 71.4 Å². The highest BCUT2D eigenvalue weighted by Gasteiger charge is 2.35. The van der Waals surface area contributed by atoms with E-state index in [-0.39, 0.29) is 11.6 Å². The van der Waals surface area contributed by atoms with Crippen molar-refractivity contribution in [1.82, 2.24) is 35.5 Å². The third-order valence-corrected chi connectivity index (χ3v) is 8.60. The van der Waals surface area contributed by atoms with Crippen LogP contribution in [0.25, 0.3) is 5.57 Å². The first-order valence-electron chi connectivity index (χ1n) is 13.8. The summed E-state index contributed by atoms with van der Waals surface area (Å²) in [7, 11) is -3.31. The van der Waals surface area contributed by atoms with Crippen molar-refractivity contribution in [3.8, 4) is 0 Å². The van der Waals surface area contributed by atoms with Crippen molar-refractivity contribution >= 4 is 21.3 Å². The highest BCUT2D eigenvalue weighted by atomic mass is 32.2. The molecule has 2 aliphatic rings. The van der Waals surface area contributed by atoms with Gasteiger partial charge in [0.05, 0.1) is 34.7 Å². The molecule has 10 nitrogen and oxygen atoms in total. The van der Waals surface area contributed by atoms with Gasteiger partial charge in [-0.3, -0.25) is 14.5 Å². The number of unbranched alkanes of at least 4 members (excludes halogenated alkanes) is 1. The molecule has 3 aromatic heterocycles. The molecule has 0 unspecified atom stereocenters. The van der Waals surface area contributed by atoms with Crippen LogP contribution in [0.4, 0.5) is 0 Å². The fraction of sp³-hybridized carbons (Fsp3) is 0.333. The molecular formula is C30H31N7O3S. The fourth-order valence-corrected chi connectivity index (χ4v) is 5.89. The van der Waals surface area contributed by atoms with E-state index < -0.39 is 9.84 Å². The second-order valence-electron chi connectivity index (χ2n) is 10.7. The summed E-state index contributed by atoms with van der Waals surface area (Å²) in [5, 5.41) is 20.0. The number of amides is 1. The Balaban J connectivity index is 1.08. The number of carbonyl (C=O) groups excluding carboxylic acids is 1. The summed E-state index contributed by atoms with van der Waals surface area (Å²) in [4.78, 5) is 16.9. The molecule has 1 N–H and O–H groups in total. The summed E-state index contributed by atoms with van der Waals surface area (Å²) in [5.74, 6) is 0.251. The van der Waals surface area contributed by atoms with Gasteiger partial charge in [0.2, 0.25) is 0 Å². The molecule has 11 heteroatoms. The van der Waals surface area contributed by atoms with Gasteiger partial charge < -0.3 is 5.32 Å². The zero-order valence-corrected chi connectivity index (χ0v) is 23.6. The Morgan fingerprint density at radius 3 is 2.68 bits per heavy atom. The fourth-order valence-electron chi connectivity index (χ4n) is 5.23. The number of pyridine rings is 1. The lowest BCUT2D eigenvalue weighted by Gasteiger charge is -2.11. The van der Waals surface area contributed by atoms with E-state index in [2.05, 4.69) is 36.9 Å². The molecule has 2 aliphatic carbocycles. The largest absolute Gasteiger partial charge is 0.345 e. The van der Waals surface area contributed by atoms with Gasteiger partial charge in [-0.25, -0.2) is 8.42 Å². The summed E-state index contributed by atoms with van der Waals surface area (Å²) in [5.41, 5.74) is 7.40. The van der Waals surface area contributed by atoms with E-state index in [9.17, 15) is 13.2 Å². The van der Waals surface area contributed by atoms with Crippen LogP contribution in [0.5, 0.6) is 0 Å². The van der Waals surface area contributed by atoms with Crippen LogP contribution in [-0.2, 0) is 35.8 Å². The van der Waals surface area contributed by atoms with Gasteiger partial charge in [0, 0.05) is 31.0 Å². The van der Waals surface area contributed by atoms with E-state index in [1.165, 1.54) is 11.8 Å². The zero-order chi connectivity index (χ0) is 28.4. The second kappa shape index (κ2) is 11.3. The second-order valence-corrected chi connectivity index (χ2v) is 12.7. The number of nitrogens with zero attached hydrogens (tertiary/aromatic N) is 6. The van der Waals surface area contributed by atoms with Gasteiger partial charge >= 0.3 is 0 Å². The van der Waals surface area contributed by atoms with Gasteiger partial charge in [0.1, 0.15) is 0 Å². The van der Waals surface area contributed by atoms with Gasteiger partial charge in [-0.2, -0.15) is 10.2 Å². The van der Waals surface area contributed by atoms with E-state index in [4.69, 9.17) is 0 Å². The average Bonchev–Trinajstić information content (AvgIpc) is 3.59. The van der Waals surface area contributed by atoms with Gasteiger partial charge in [-0.05, 0) is 79.5 Å². The Bertz CT molecular complexity index is 1730. The molecule has 0 aliphatic heterocycles. The van der Waals surface area contributed by atoms with Crippen molar-refractivity contribution in [2.24, 2.45) is 5.92 Å². The maximum absolute atomic E-state index is 12.4. The Morgan fingerprint density at radius 1 is 1.02 bits per heavy atom. The van der Waals surface area contributed by atoms with E-state index in [1.54, 1.807) is 29.2 Å². The minimum atomic E-state index is -3.31. The van der Waals surface area contributed by atoms with Crippen molar-refractivity contribution in [1.29, 1.82) is 0 Å². The number of hydrogen-bond acceptors (Lipinski definition) is 8. The van der Waals surface area contributed by atoms with Crippen molar-refractivity contribution in [2.45, 2.75) is 56.5 Å². The quantitative estimate of drug-likeness (QED) is 0.271. The molecule has 1 saturated carbocycles. The summed E-state index contributed by atoms with van der Waals surface area (Å²) in [6.45, 7) is 0.963. The number of aromatic nitrogens is 6. The maximum atomic E-state index is 12.4. The predicted molar refractivity (Wildman–Crippen MR) is 152 cm³/mol. The number of allylic oxidation sites excluding steroid dienone is 1. The molecule has 6 rings (SSSR count). The van der Waals surface area contributed by atoms with Crippen molar-refractivity contribution in [3.63, 3.8) is 0 Å². The number of aryl methyl sites for hydroxylation is 2. The minimum Gasteiger partial charge on any atom is -0.345 e. The molecule has 1 amide bonds. The molecule has 41 heavy (non-hydrogen) atoms. The summed E-state index contributed by atoms with van der Waals surface area (Å²) in [6.07, 6.45) is 10.1.